The molecule has 0 amide bonds. The standard InChI is InChI=1S/C14H25NO/c1-2-10-15-14(12-7-3-4-8-12)13-9-5-6-11-16-13/h7,13-15H,2-6,8-11H2,1H3. The van der Waals surface area contributed by atoms with Crippen molar-refractivity contribution in [2.24, 2.45) is 0 Å². The summed E-state index contributed by atoms with van der Waals surface area (Å²) >= 11 is 0. The molecule has 16 heavy (non-hydrogen) atoms. The summed E-state index contributed by atoms with van der Waals surface area (Å²) in [4.78, 5) is 0. The van der Waals surface area contributed by atoms with Gasteiger partial charge < -0.3 is 10.1 Å². The molecule has 1 aliphatic heterocycles. The van der Waals surface area contributed by atoms with Crippen molar-refractivity contribution in [1.82, 2.24) is 5.32 Å². The predicted molar refractivity (Wildman–Crippen MR) is 67.6 cm³/mol. The van der Waals surface area contributed by atoms with Gasteiger partial charge in [0.2, 0.25) is 0 Å². The molecule has 92 valence electrons. The summed E-state index contributed by atoms with van der Waals surface area (Å²) in [6, 6.07) is 0.503. The van der Waals surface area contributed by atoms with Crippen LogP contribution in [-0.2, 0) is 4.74 Å². The summed E-state index contributed by atoms with van der Waals surface area (Å²) < 4.78 is 5.95. The van der Waals surface area contributed by atoms with Crippen LogP contribution in [0.2, 0.25) is 0 Å². The zero-order chi connectivity index (χ0) is 11.2. The number of rotatable bonds is 5. The molecule has 0 spiro atoms. The molecule has 2 unspecified atom stereocenters. The molecule has 1 fully saturated rings. The maximum absolute atomic E-state index is 5.95. The first-order valence-electron chi connectivity index (χ1n) is 6.95. The van der Waals surface area contributed by atoms with E-state index in [2.05, 4.69) is 18.3 Å². The second-order valence-electron chi connectivity index (χ2n) is 5.01. The Morgan fingerprint density at radius 2 is 2.38 bits per heavy atom. The van der Waals surface area contributed by atoms with Gasteiger partial charge in [0.15, 0.2) is 0 Å². The quantitative estimate of drug-likeness (QED) is 0.723. The first kappa shape index (κ1) is 12.1. The first-order valence-corrected chi connectivity index (χ1v) is 6.95. The van der Waals surface area contributed by atoms with E-state index < -0.39 is 0 Å². The minimum absolute atomic E-state index is 0.435. The van der Waals surface area contributed by atoms with Crippen LogP contribution in [0.5, 0.6) is 0 Å². The molecular weight excluding hydrogens is 198 g/mol. The van der Waals surface area contributed by atoms with Gasteiger partial charge in [-0.05, 0) is 51.5 Å². The second kappa shape index (κ2) is 6.41. The van der Waals surface area contributed by atoms with E-state index in [9.17, 15) is 0 Å². The molecule has 0 aromatic carbocycles. The number of allylic oxidation sites excluding steroid dienone is 1. The lowest BCUT2D eigenvalue weighted by atomic mass is 9.95. The fraction of sp³-hybridized carbons (Fsp3) is 0.857. The second-order valence-corrected chi connectivity index (χ2v) is 5.01. The van der Waals surface area contributed by atoms with Gasteiger partial charge in [0, 0.05) is 6.61 Å². The third kappa shape index (κ3) is 3.08. The van der Waals surface area contributed by atoms with Gasteiger partial charge in [0.1, 0.15) is 0 Å². The molecule has 0 aromatic rings. The largest absolute Gasteiger partial charge is 0.376 e. The minimum Gasteiger partial charge on any atom is -0.376 e. The normalized spacial score (nSPS) is 27.8. The monoisotopic (exact) mass is 223 g/mol. The van der Waals surface area contributed by atoms with Crippen LogP contribution in [0.15, 0.2) is 11.6 Å². The van der Waals surface area contributed by atoms with Gasteiger partial charge in [0.05, 0.1) is 12.1 Å². The van der Waals surface area contributed by atoms with Gasteiger partial charge in [-0.3, -0.25) is 0 Å². The van der Waals surface area contributed by atoms with Crippen LogP contribution in [0.4, 0.5) is 0 Å². The zero-order valence-electron chi connectivity index (χ0n) is 10.5. The fourth-order valence-corrected chi connectivity index (χ4v) is 2.81. The van der Waals surface area contributed by atoms with Crippen molar-refractivity contribution in [3.8, 4) is 0 Å². The molecular formula is C14H25NO. The fourth-order valence-electron chi connectivity index (χ4n) is 2.81. The van der Waals surface area contributed by atoms with Crippen LogP contribution in [0.25, 0.3) is 0 Å². The molecule has 1 heterocycles. The van der Waals surface area contributed by atoms with E-state index in [-0.39, 0.29) is 0 Å². The highest BCUT2D eigenvalue weighted by Crippen LogP contribution is 2.27. The third-order valence-electron chi connectivity index (χ3n) is 3.68. The van der Waals surface area contributed by atoms with Crippen molar-refractivity contribution in [1.29, 1.82) is 0 Å². The molecule has 0 aromatic heterocycles. The van der Waals surface area contributed by atoms with Crippen LogP contribution >= 0.6 is 0 Å². The smallest absolute Gasteiger partial charge is 0.0766 e. The van der Waals surface area contributed by atoms with Gasteiger partial charge in [-0.2, -0.15) is 0 Å². The molecule has 2 heteroatoms. The van der Waals surface area contributed by atoms with Crippen molar-refractivity contribution < 1.29 is 4.74 Å². The Kier molecular flexibility index (Phi) is 4.86. The van der Waals surface area contributed by atoms with Crippen molar-refractivity contribution in [3.63, 3.8) is 0 Å². The molecule has 0 radical (unpaired) electrons. The average molecular weight is 223 g/mol. The Bertz CT molecular complexity index is 231. The van der Waals surface area contributed by atoms with Crippen molar-refractivity contribution in [3.05, 3.63) is 11.6 Å². The predicted octanol–water partition coefficient (Wildman–Crippen LogP) is 3.03. The highest BCUT2D eigenvalue weighted by molar-refractivity contribution is 5.17. The van der Waals surface area contributed by atoms with Gasteiger partial charge in [-0.15, -0.1) is 0 Å². The van der Waals surface area contributed by atoms with E-state index in [0.29, 0.717) is 12.1 Å². The van der Waals surface area contributed by atoms with E-state index >= 15 is 0 Å². The number of hydrogen-bond donors (Lipinski definition) is 1. The van der Waals surface area contributed by atoms with Crippen LogP contribution in [0, 0.1) is 0 Å². The Morgan fingerprint density at radius 1 is 1.44 bits per heavy atom. The average Bonchev–Trinajstić information content (AvgIpc) is 2.85. The first-order chi connectivity index (χ1) is 7.92. The van der Waals surface area contributed by atoms with Crippen LogP contribution in [-0.4, -0.2) is 25.3 Å². The molecule has 2 aliphatic rings. The lowest BCUT2D eigenvalue weighted by Gasteiger charge is -2.32. The molecule has 1 saturated heterocycles. The SMILES string of the molecule is CCCNC(C1=CCCC1)C1CCCCO1. The van der Waals surface area contributed by atoms with Gasteiger partial charge in [-0.25, -0.2) is 0 Å². The van der Waals surface area contributed by atoms with Crippen molar-refractivity contribution >= 4 is 0 Å². The Labute approximate surface area is 99.4 Å². The molecule has 2 rings (SSSR count). The van der Waals surface area contributed by atoms with Crippen LogP contribution < -0.4 is 5.32 Å². The Hall–Kier alpha value is -0.340. The van der Waals surface area contributed by atoms with Crippen molar-refractivity contribution in [2.75, 3.05) is 13.2 Å². The van der Waals surface area contributed by atoms with E-state index in [4.69, 9.17) is 4.74 Å². The van der Waals surface area contributed by atoms with E-state index in [0.717, 1.165) is 13.2 Å². The summed E-state index contributed by atoms with van der Waals surface area (Å²) in [5.74, 6) is 0. The maximum atomic E-state index is 5.95. The highest BCUT2D eigenvalue weighted by atomic mass is 16.5. The third-order valence-corrected chi connectivity index (χ3v) is 3.68. The number of nitrogens with one attached hydrogen (secondary N) is 1. The molecule has 1 aliphatic carbocycles. The summed E-state index contributed by atoms with van der Waals surface area (Å²) in [6.45, 7) is 4.30. The Balaban J connectivity index is 1.94. The lowest BCUT2D eigenvalue weighted by molar-refractivity contribution is -0.000323. The molecule has 2 atom stereocenters. The molecule has 1 N–H and O–H groups in total. The minimum atomic E-state index is 0.435. The summed E-state index contributed by atoms with van der Waals surface area (Å²) in [5, 5.41) is 3.69. The van der Waals surface area contributed by atoms with Crippen molar-refractivity contribution in [2.45, 2.75) is 64.0 Å². The van der Waals surface area contributed by atoms with Gasteiger partial charge >= 0.3 is 0 Å². The summed E-state index contributed by atoms with van der Waals surface area (Å²) in [5.41, 5.74) is 1.61. The summed E-state index contributed by atoms with van der Waals surface area (Å²) in [6.07, 6.45) is 11.8. The van der Waals surface area contributed by atoms with Crippen LogP contribution in [0.3, 0.4) is 0 Å². The molecule has 0 bridgehead atoms. The topological polar surface area (TPSA) is 21.3 Å². The maximum Gasteiger partial charge on any atom is 0.0766 e. The van der Waals surface area contributed by atoms with Gasteiger partial charge in [-0.1, -0.05) is 18.6 Å². The number of ether oxygens (including phenoxy) is 1. The van der Waals surface area contributed by atoms with E-state index in [1.807, 2.05) is 0 Å². The molecule has 0 saturated carbocycles. The number of hydrogen-bond acceptors (Lipinski definition) is 2. The summed E-state index contributed by atoms with van der Waals surface area (Å²) in [7, 11) is 0. The van der Waals surface area contributed by atoms with Gasteiger partial charge in [0.25, 0.3) is 0 Å². The highest BCUT2D eigenvalue weighted by Gasteiger charge is 2.27. The zero-order valence-corrected chi connectivity index (χ0v) is 10.5. The van der Waals surface area contributed by atoms with E-state index in [1.165, 1.54) is 44.9 Å². The Morgan fingerprint density at radius 3 is 3.00 bits per heavy atom. The van der Waals surface area contributed by atoms with E-state index in [1.54, 1.807) is 5.57 Å². The lowest BCUT2D eigenvalue weighted by Crippen LogP contribution is -2.44. The molecule has 2 nitrogen and oxygen atoms in total. The van der Waals surface area contributed by atoms with Crippen LogP contribution in [0.1, 0.15) is 51.9 Å².